The molecule has 18 heavy (non-hydrogen) atoms. The van der Waals surface area contributed by atoms with Crippen molar-refractivity contribution in [1.29, 1.82) is 0 Å². The summed E-state index contributed by atoms with van der Waals surface area (Å²) in [6.07, 6.45) is 2.30. The van der Waals surface area contributed by atoms with Gasteiger partial charge in [-0.2, -0.15) is 0 Å². The predicted octanol–water partition coefficient (Wildman–Crippen LogP) is 2.64. The van der Waals surface area contributed by atoms with Crippen molar-refractivity contribution in [2.45, 2.75) is 26.2 Å². The summed E-state index contributed by atoms with van der Waals surface area (Å²) in [6.45, 7) is 3.80. The molecular weight excluding hydrogens is 232 g/mol. The van der Waals surface area contributed by atoms with E-state index in [1.54, 1.807) is 6.20 Å². The van der Waals surface area contributed by atoms with Crippen LogP contribution < -0.4 is 0 Å². The van der Waals surface area contributed by atoms with Crippen LogP contribution in [0.2, 0.25) is 0 Å². The normalized spacial score (nSPS) is 12.4. The molecule has 2 aromatic rings. The first-order chi connectivity index (χ1) is 8.65. The molecule has 96 valence electrons. The topological polar surface area (TPSA) is 68.1 Å². The lowest BCUT2D eigenvalue weighted by atomic mass is 10.1. The number of rotatable bonds is 4. The molecule has 0 aromatic carbocycles. The van der Waals surface area contributed by atoms with Gasteiger partial charge in [0, 0.05) is 0 Å². The van der Waals surface area contributed by atoms with Gasteiger partial charge in [0.2, 0.25) is 0 Å². The van der Waals surface area contributed by atoms with Crippen molar-refractivity contribution in [3.63, 3.8) is 0 Å². The molecule has 2 heterocycles. The first kappa shape index (κ1) is 12.4. The third-order valence-electron chi connectivity index (χ3n) is 2.83. The van der Waals surface area contributed by atoms with Gasteiger partial charge in [-0.1, -0.05) is 6.92 Å². The van der Waals surface area contributed by atoms with Crippen LogP contribution in [-0.2, 0) is 9.53 Å². The summed E-state index contributed by atoms with van der Waals surface area (Å²) in [5.41, 5.74) is 0.764. The Morgan fingerprint density at radius 1 is 1.56 bits per heavy atom. The number of hydrogen-bond acceptors (Lipinski definition) is 4. The minimum absolute atomic E-state index is 0.283. The second-order valence-corrected chi connectivity index (χ2v) is 4.08. The number of nitrogens with zero attached hydrogens (tertiary/aromatic N) is 1. The van der Waals surface area contributed by atoms with E-state index in [0.717, 1.165) is 11.5 Å². The maximum Gasteiger partial charge on any atom is 0.316 e. The van der Waals surface area contributed by atoms with Gasteiger partial charge >= 0.3 is 5.97 Å². The molecule has 0 aliphatic rings. The summed E-state index contributed by atoms with van der Waals surface area (Å²) in [4.78, 5) is 18.9. The van der Waals surface area contributed by atoms with Gasteiger partial charge in [-0.05, 0) is 25.5 Å². The van der Waals surface area contributed by atoms with E-state index in [2.05, 4.69) is 9.97 Å². The number of furan rings is 1. The van der Waals surface area contributed by atoms with Crippen molar-refractivity contribution in [2.75, 3.05) is 7.11 Å². The molecule has 2 rings (SSSR count). The smallest absolute Gasteiger partial charge is 0.316 e. The highest BCUT2D eigenvalue weighted by Crippen LogP contribution is 2.24. The molecule has 0 saturated heterocycles. The number of esters is 1. The van der Waals surface area contributed by atoms with Gasteiger partial charge in [-0.15, -0.1) is 0 Å². The molecule has 2 aromatic heterocycles. The second kappa shape index (κ2) is 5.08. The van der Waals surface area contributed by atoms with E-state index in [4.69, 9.17) is 9.15 Å². The summed E-state index contributed by atoms with van der Waals surface area (Å²) in [5.74, 6) is 1.51. The third-order valence-corrected chi connectivity index (χ3v) is 2.83. The summed E-state index contributed by atoms with van der Waals surface area (Å²) in [6, 6.07) is 3.75. The summed E-state index contributed by atoms with van der Waals surface area (Å²) < 4.78 is 10.3. The number of aromatic nitrogens is 2. The lowest BCUT2D eigenvalue weighted by molar-refractivity contribution is -0.142. The second-order valence-electron chi connectivity index (χ2n) is 4.08. The Labute approximate surface area is 105 Å². The minimum atomic E-state index is -0.361. The fourth-order valence-corrected chi connectivity index (χ4v) is 1.83. The molecule has 0 aliphatic heterocycles. The van der Waals surface area contributed by atoms with E-state index in [-0.39, 0.29) is 11.9 Å². The van der Waals surface area contributed by atoms with E-state index < -0.39 is 0 Å². The van der Waals surface area contributed by atoms with Crippen molar-refractivity contribution >= 4 is 5.97 Å². The summed E-state index contributed by atoms with van der Waals surface area (Å²) in [5, 5.41) is 0. The van der Waals surface area contributed by atoms with Crippen molar-refractivity contribution in [3.8, 4) is 11.5 Å². The highest BCUT2D eigenvalue weighted by molar-refractivity contribution is 5.77. The van der Waals surface area contributed by atoms with Crippen LogP contribution in [0, 0.1) is 6.92 Å². The fourth-order valence-electron chi connectivity index (χ4n) is 1.83. The highest BCUT2D eigenvalue weighted by atomic mass is 16.5. The predicted molar refractivity (Wildman–Crippen MR) is 66.1 cm³/mol. The number of ether oxygens (including phenoxy) is 1. The van der Waals surface area contributed by atoms with E-state index in [1.807, 2.05) is 26.0 Å². The van der Waals surface area contributed by atoms with E-state index in [1.165, 1.54) is 7.11 Å². The zero-order valence-corrected chi connectivity index (χ0v) is 10.7. The molecule has 5 nitrogen and oxygen atoms in total. The first-order valence-electron chi connectivity index (χ1n) is 5.85. The SMILES string of the molecule is CCC(C(=O)OC)c1ncc(-c2ccc(C)o2)[nH]1. The van der Waals surface area contributed by atoms with Gasteiger partial charge in [0.15, 0.2) is 5.76 Å². The molecule has 0 fully saturated rings. The molecule has 0 bridgehead atoms. The van der Waals surface area contributed by atoms with Crippen LogP contribution in [0.25, 0.3) is 11.5 Å². The number of aromatic amines is 1. The molecule has 0 amide bonds. The van der Waals surface area contributed by atoms with Crippen LogP contribution in [-0.4, -0.2) is 23.0 Å². The molecule has 0 radical (unpaired) electrons. The Balaban J connectivity index is 2.27. The number of H-pyrrole nitrogens is 1. The molecular formula is C13H16N2O3. The van der Waals surface area contributed by atoms with Gasteiger partial charge in [-0.25, -0.2) is 4.98 Å². The lowest BCUT2D eigenvalue weighted by Crippen LogP contribution is -2.14. The van der Waals surface area contributed by atoms with Crippen LogP contribution >= 0.6 is 0 Å². The average Bonchev–Trinajstić information content (AvgIpc) is 2.98. The first-order valence-corrected chi connectivity index (χ1v) is 5.85. The summed E-state index contributed by atoms with van der Waals surface area (Å²) in [7, 11) is 1.38. The largest absolute Gasteiger partial charge is 0.468 e. The Morgan fingerprint density at radius 3 is 2.89 bits per heavy atom. The standard InChI is InChI=1S/C13H16N2O3/c1-4-9(13(16)17-3)12-14-7-10(15-12)11-6-5-8(2)18-11/h5-7,9H,4H2,1-3H3,(H,14,15). The van der Waals surface area contributed by atoms with Gasteiger partial charge < -0.3 is 14.1 Å². The van der Waals surface area contributed by atoms with E-state index in [9.17, 15) is 4.79 Å². The van der Waals surface area contributed by atoms with Crippen LogP contribution in [0.1, 0.15) is 30.8 Å². The Kier molecular flexibility index (Phi) is 3.50. The number of nitrogens with one attached hydrogen (secondary N) is 1. The fraction of sp³-hybridized carbons (Fsp3) is 0.385. The van der Waals surface area contributed by atoms with Crippen molar-refractivity contribution in [1.82, 2.24) is 9.97 Å². The van der Waals surface area contributed by atoms with Crippen LogP contribution in [0.4, 0.5) is 0 Å². The van der Waals surface area contributed by atoms with Gasteiger partial charge in [0.1, 0.15) is 23.2 Å². The van der Waals surface area contributed by atoms with Crippen molar-refractivity contribution < 1.29 is 13.9 Å². The average molecular weight is 248 g/mol. The number of imidazole rings is 1. The van der Waals surface area contributed by atoms with Gasteiger partial charge in [0.05, 0.1) is 13.3 Å². The molecule has 5 heteroatoms. The van der Waals surface area contributed by atoms with Crippen LogP contribution in [0.5, 0.6) is 0 Å². The molecule has 1 unspecified atom stereocenters. The Morgan fingerprint density at radius 2 is 2.33 bits per heavy atom. The Hall–Kier alpha value is -2.04. The van der Waals surface area contributed by atoms with Crippen LogP contribution in [0.15, 0.2) is 22.7 Å². The van der Waals surface area contributed by atoms with E-state index in [0.29, 0.717) is 18.0 Å². The highest BCUT2D eigenvalue weighted by Gasteiger charge is 2.22. The number of aryl methyl sites for hydroxylation is 1. The quantitative estimate of drug-likeness (QED) is 0.844. The van der Waals surface area contributed by atoms with Crippen LogP contribution in [0.3, 0.4) is 0 Å². The van der Waals surface area contributed by atoms with E-state index >= 15 is 0 Å². The molecule has 0 aliphatic carbocycles. The molecule has 0 spiro atoms. The maximum atomic E-state index is 11.6. The lowest BCUT2D eigenvalue weighted by Gasteiger charge is -2.08. The number of hydrogen-bond donors (Lipinski definition) is 1. The molecule has 1 atom stereocenters. The maximum absolute atomic E-state index is 11.6. The monoisotopic (exact) mass is 248 g/mol. The van der Waals surface area contributed by atoms with Crippen molar-refractivity contribution in [2.24, 2.45) is 0 Å². The zero-order valence-electron chi connectivity index (χ0n) is 10.7. The van der Waals surface area contributed by atoms with Gasteiger partial charge in [0.25, 0.3) is 0 Å². The number of carbonyl (C=O) groups excluding carboxylic acids is 1. The van der Waals surface area contributed by atoms with Gasteiger partial charge in [-0.3, -0.25) is 4.79 Å². The van der Waals surface area contributed by atoms with Crippen molar-refractivity contribution in [3.05, 3.63) is 29.9 Å². The summed E-state index contributed by atoms with van der Waals surface area (Å²) >= 11 is 0. The molecule has 1 N–H and O–H groups in total. The minimum Gasteiger partial charge on any atom is -0.468 e. The molecule has 0 saturated carbocycles. The third kappa shape index (κ3) is 2.30. The Bertz CT molecular complexity index is 542. The zero-order chi connectivity index (χ0) is 13.1. The number of carbonyl (C=O) groups is 1. The number of methoxy groups -OCH3 is 1.